The topological polar surface area (TPSA) is 39.3 Å². The van der Waals surface area contributed by atoms with Gasteiger partial charge in [-0.3, -0.25) is 4.79 Å². The number of rotatable bonds is 1. The smallest absolute Gasteiger partial charge is 0.266 e. The highest BCUT2D eigenvalue weighted by atomic mass is 32.1. The van der Waals surface area contributed by atoms with E-state index in [-0.39, 0.29) is 5.56 Å². The second-order valence-corrected chi connectivity index (χ2v) is 8.66. The number of para-hydroxylation sites is 2. The van der Waals surface area contributed by atoms with Gasteiger partial charge in [-0.2, -0.15) is 0 Å². The lowest BCUT2D eigenvalue weighted by molar-refractivity contribution is 1.18. The maximum Gasteiger partial charge on any atom is 0.266 e. The lowest BCUT2D eigenvalue weighted by Gasteiger charge is -2.07. The second kappa shape index (κ2) is 6.03. The first-order chi connectivity index (χ1) is 15.3. The molecule has 146 valence electrons. The minimum absolute atomic E-state index is 0.0157. The molecule has 7 aromatic rings. The quantitative estimate of drug-likeness (QED) is 0.321. The average molecular weight is 417 g/mol. The van der Waals surface area contributed by atoms with Crippen molar-refractivity contribution in [2.24, 2.45) is 0 Å². The monoisotopic (exact) mass is 417 g/mol. The normalized spacial score (nSPS) is 12.0. The highest BCUT2D eigenvalue weighted by molar-refractivity contribution is 7.23. The van der Waals surface area contributed by atoms with Crippen LogP contribution in [0.15, 0.2) is 95.8 Å². The van der Waals surface area contributed by atoms with Gasteiger partial charge in [0.15, 0.2) is 4.96 Å². The maximum atomic E-state index is 13.3. The summed E-state index contributed by atoms with van der Waals surface area (Å²) in [6.45, 7) is 0. The van der Waals surface area contributed by atoms with Gasteiger partial charge in [0.25, 0.3) is 5.56 Å². The summed E-state index contributed by atoms with van der Waals surface area (Å²) in [6.07, 6.45) is 0. The van der Waals surface area contributed by atoms with Gasteiger partial charge in [0, 0.05) is 21.2 Å². The molecule has 31 heavy (non-hydrogen) atoms. The van der Waals surface area contributed by atoms with Crippen LogP contribution < -0.4 is 5.56 Å². The molecular weight excluding hydrogens is 402 g/mol. The van der Waals surface area contributed by atoms with Gasteiger partial charge in [0.1, 0.15) is 5.52 Å². The van der Waals surface area contributed by atoms with Crippen LogP contribution in [0, 0.1) is 0 Å². The molecule has 0 unspecified atom stereocenters. The van der Waals surface area contributed by atoms with Gasteiger partial charge in [-0.25, -0.2) is 9.38 Å². The van der Waals surface area contributed by atoms with E-state index in [1.165, 1.54) is 0 Å². The predicted octanol–water partition coefficient (Wildman–Crippen LogP) is 6.16. The molecule has 0 saturated heterocycles. The Morgan fingerprint density at radius 3 is 2.26 bits per heavy atom. The number of hydrogen-bond acceptors (Lipinski definition) is 3. The number of benzene rings is 4. The maximum absolute atomic E-state index is 13.3. The summed E-state index contributed by atoms with van der Waals surface area (Å²) in [7, 11) is 0. The summed E-state index contributed by atoms with van der Waals surface area (Å²) in [5.74, 6) is 0. The first-order valence-electron chi connectivity index (χ1n) is 10.1. The fourth-order valence-electron chi connectivity index (χ4n) is 4.64. The molecule has 0 atom stereocenters. The van der Waals surface area contributed by atoms with Crippen LogP contribution >= 0.6 is 11.3 Å². The zero-order valence-corrected chi connectivity index (χ0v) is 17.1. The fourth-order valence-corrected chi connectivity index (χ4v) is 5.66. The van der Waals surface area contributed by atoms with E-state index in [9.17, 15) is 4.79 Å². The number of fused-ring (bicyclic) bond motifs is 8. The summed E-state index contributed by atoms with van der Waals surface area (Å²) >= 11 is 1.55. The number of hydrogen-bond donors (Lipinski definition) is 0. The first-order valence-corrected chi connectivity index (χ1v) is 10.9. The molecule has 4 aromatic carbocycles. The summed E-state index contributed by atoms with van der Waals surface area (Å²) in [4.78, 5) is 19.0. The Balaban J connectivity index is 1.73. The Hall–Kier alpha value is -3.96. The molecule has 0 aliphatic rings. The Bertz CT molecular complexity index is 1860. The molecule has 0 amide bonds. The highest BCUT2D eigenvalue weighted by Crippen LogP contribution is 2.37. The first kappa shape index (κ1) is 16.8. The Morgan fingerprint density at radius 1 is 0.677 bits per heavy atom. The van der Waals surface area contributed by atoms with Gasteiger partial charge in [-0.1, -0.05) is 59.9 Å². The minimum atomic E-state index is -0.0157. The van der Waals surface area contributed by atoms with Gasteiger partial charge in [0.05, 0.1) is 21.9 Å². The molecule has 0 N–H and O–H groups in total. The lowest BCUT2D eigenvalue weighted by Crippen LogP contribution is -2.11. The number of nitrogens with zero attached hydrogens (tertiary/aromatic N) is 3. The molecule has 5 heteroatoms. The third-order valence-corrected chi connectivity index (χ3v) is 7.00. The van der Waals surface area contributed by atoms with Gasteiger partial charge >= 0.3 is 0 Å². The molecule has 0 bridgehead atoms. The zero-order valence-electron chi connectivity index (χ0n) is 16.3. The van der Waals surface area contributed by atoms with Crippen molar-refractivity contribution in [1.82, 2.24) is 14.0 Å². The van der Waals surface area contributed by atoms with Crippen molar-refractivity contribution in [2.75, 3.05) is 0 Å². The van der Waals surface area contributed by atoms with Crippen LogP contribution in [0.4, 0.5) is 0 Å². The number of imidazole rings is 1. The van der Waals surface area contributed by atoms with E-state index in [1.807, 2.05) is 36.4 Å². The second-order valence-electron chi connectivity index (χ2n) is 7.65. The van der Waals surface area contributed by atoms with Crippen molar-refractivity contribution in [3.8, 4) is 5.69 Å². The van der Waals surface area contributed by atoms with E-state index >= 15 is 0 Å². The van der Waals surface area contributed by atoms with Crippen LogP contribution in [0.25, 0.3) is 53.6 Å². The van der Waals surface area contributed by atoms with Gasteiger partial charge in [0.2, 0.25) is 0 Å². The van der Waals surface area contributed by atoms with Crippen molar-refractivity contribution in [3.05, 3.63) is 101 Å². The number of aromatic nitrogens is 3. The van der Waals surface area contributed by atoms with Crippen LogP contribution in [-0.2, 0) is 0 Å². The Labute approximate surface area is 180 Å². The average Bonchev–Trinajstić information content (AvgIpc) is 3.35. The molecular formula is C26H15N3OS. The molecule has 3 aromatic heterocycles. The van der Waals surface area contributed by atoms with Gasteiger partial charge in [-0.05, 0) is 42.5 Å². The van der Waals surface area contributed by atoms with Crippen molar-refractivity contribution in [1.29, 1.82) is 0 Å². The van der Waals surface area contributed by atoms with Crippen molar-refractivity contribution < 1.29 is 0 Å². The van der Waals surface area contributed by atoms with E-state index in [0.29, 0.717) is 0 Å². The van der Waals surface area contributed by atoms with E-state index in [4.69, 9.17) is 4.98 Å². The summed E-state index contributed by atoms with van der Waals surface area (Å²) in [5, 5.41) is 2.94. The third kappa shape index (κ3) is 2.18. The van der Waals surface area contributed by atoms with Crippen LogP contribution in [0.3, 0.4) is 0 Å². The predicted molar refractivity (Wildman–Crippen MR) is 129 cm³/mol. The third-order valence-electron chi connectivity index (χ3n) is 5.97. The molecule has 7 rings (SSSR count). The Morgan fingerprint density at radius 2 is 1.39 bits per heavy atom. The van der Waals surface area contributed by atoms with E-state index < -0.39 is 0 Å². The van der Waals surface area contributed by atoms with Crippen molar-refractivity contribution >= 4 is 59.2 Å². The van der Waals surface area contributed by atoms with Crippen LogP contribution in [0.1, 0.15) is 0 Å². The molecule has 3 heterocycles. The van der Waals surface area contributed by atoms with E-state index in [1.54, 1.807) is 15.7 Å². The largest absolute Gasteiger partial charge is 0.309 e. The summed E-state index contributed by atoms with van der Waals surface area (Å²) in [5.41, 5.74) is 5.03. The van der Waals surface area contributed by atoms with Crippen LogP contribution in [-0.4, -0.2) is 14.0 Å². The van der Waals surface area contributed by atoms with Crippen LogP contribution in [0.5, 0.6) is 0 Å². The zero-order chi connectivity index (χ0) is 20.5. The molecule has 0 radical (unpaired) electrons. The molecule has 0 fully saturated rings. The van der Waals surface area contributed by atoms with E-state index in [0.717, 1.165) is 53.6 Å². The van der Waals surface area contributed by atoms with Crippen molar-refractivity contribution in [2.45, 2.75) is 0 Å². The fraction of sp³-hybridized carbons (Fsp3) is 0. The molecule has 0 aliphatic heterocycles. The van der Waals surface area contributed by atoms with E-state index in [2.05, 4.69) is 59.2 Å². The molecule has 0 spiro atoms. The van der Waals surface area contributed by atoms with Gasteiger partial charge in [-0.15, -0.1) is 0 Å². The Kier molecular flexibility index (Phi) is 3.27. The molecule has 0 aliphatic carbocycles. The van der Waals surface area contributed by atoms with Crippen molar-refractivity contribution in [3.63, 3.8) is 0 Å². The summed E-state index contributed by atoms with van der Waals surface area (Å²) in [6, 6.07) is 30.6. The van der Waals surface area contributed by atoms with Crippen LogP contribution in [0.2, 0.25) is 0 Å². The SMILES string of the molecule is O=c1c2ccccc2sc2nc3c4c5ccccc5n(-c5ccccc5)c4ccc3n12. The van der Waals surface area contributed by atoms with Gasteiger partial charge < -0.3 is 4.57 Å². The standard InChI is InChI=1S/C26H15N3OS/c30-25-18-11-5-7-13-22(18)31-26-27-24-21(29(25)26)15-14-20-23(24)17-10-4-6-12-19(17)28(20)16-8-2-1-3-9-16/h1-15H. The summed E-state index contributed by atoms with van der Waals surface area (Å²) < 4.78 is 4.99. The lowest BCUT2D eigenvalue weighted by atomic mass is 10.1. The minimum Gasteiger partial charge on any atom is -0.309 e. The highest BCUT2D eigenvalue weighted by Gasteiger charge is 2.19. The molecule has 4 nitrogen and oxygen atoms in total. The molecule has 0 saturated carbocycles.